The molecule has 20 heavy (non-hydrogen) atoms. The Morgan fingerprint density at radius 2 is 1.95 bits per heavy atom. The van der Waals surface area contributed by atoms with Crippen LogP contribution in [0.2, 0.25) is 0 Å². The molecule has 0 aliphatic heterocycles. The van der Waals surface area contributed by atoms with Gasteiger partial charge in [-0.25, -0.2) is 0 Å². The molecule has 0 spiro atoms. The second kappa shape index (κ2) is 6.25. The summed E-state index contributed by atoms with van der Waals surface area (Å²) in [5.41, 5.74) is 0. The number of hydrogen-bond donors (Lipinski definition) is 1. The van der Waals surface area contributed by atoms with Gasteiger partial charge in [-0.2, -0.15) is 4.98 Å². The lowest BCUT2D eigenvalue weighted by Crippen LogP contribution is -2.31. The molecule has 1 N–H and O–H groups in total. The van der Waals surface area contributed by atoms with Gasteiger partial charge >= 0.3 is 0 Å². The standard InChI is InChI=1S/C16H27N3O/c1-11-8-9-12(10-11)15-18-16(20-19-15)13-6-4-3-5-7-14(13)17-2/h11-14,17H,3-10H2,1-2H3. The van der Waals surface area contributed by atoms with Gasteiger partial charge in [-0.05, 0) is 45.1 Å². The molecule has 0 aromatic carbocycles. The van der Waals surface area contributed by atoms with Crippen molar-refractivity contribution >= 4 is 0 Å². The number of hydrogen-bond acceptors (Lipinski definition) is 4. The maximum absolute atomic E-state index is 5.64. The molecule has 0 bridgehead atoms. The highest BCUT2D eigenvalue weighted by Gasteiger charge is 2.31. The van der Waals surface area contributed by atoms with Crippen LogP contribution in [0.4, 0.5) is 0 Å². The summed E-state index contributed by atoms with van der Waals surface area (Å²) in [5.74, 6) is 3.58. The second-order valence-electron chi connectivity index (χ2n) is 6.75. The molecule has 0 amide bonds. The summed E-state index contributed by atoms with van der Waals surface area (Å²) in [4.78, 5) is 4.77. The Morgan fingerprint density at radius 3 is 2.70 bits per heavy atom. The molecular weight excluding hydrogens is 250 g/mol. The van der Waals surface area contributed by atoms with E-state index in [0.29, 0.717) is 17.9 Å². The van der Waals surface area contributed by atoms with Crippen LogP contribution in [0.5, 0.6) is 0 Å². The summed E-state index contributed by atoms with van der Waals surface area (Å²) >= 11 is 0. The Labute approximate surface area is 121 Å². The molecule has 2 aliphatic rings. The van der Waals surface area contributed by atoms with Crippen molar-refractivity contribution in [2.24, 2.45) is 5.92 Å². The first-order chi connectivity index (χ1) is 9.78. The predicted molar refractivity (Wildman–Crippen MR) is 78.7 cm³/mol. The van der Waals surface area contributed by atoms with Crippen LogP contribution < -0.4 is 5.32 Å². The quantitative estimate of drug-likeness (QED) is 0.858. The van der Waals surface area contributed by atoms with E-state index < -0.39 is 0 Å². The lowest BCUT2D eigenvalue weighted by molar-refractivity contribution is 0.308. The van der Waals surface area contributed by atoms with Gasteiger partial charge in [-0.1, -0.05) is 31.3 Å². The van der Waals surface area contributed by atoms with E-state index in [1.807, 2.05) is 0 Å². The lowest BCUT2D eigenvalue weighted by atomic mass is 9.94. The van der Waals surface area contributed by atoms with Crippen LogP contribution in [0, 0.1) is 5.92 Å². The molecule has 0 radical (unpaired) electrons. The highest BCUT2D eigenvalue weighted by Crippen LogP contribution is 2.38. The summed E-state index contributed by atoms with van der Waals surface area (Å²) in [6.07, 6.45) is 10.1. The predicted octanol–water partition coefficient (Wildman–Crippen LogP) is 3.61. The number of likely N-dealkylation sites (N-methyl/N-ethyl adjacent to an activating group) is 1. The summed E-state index contributed by atoms with van der Waals surface area (Å²) < 4.78 is 5.64. The maximum Gasteiger partial charge on any atom is 0.231 e. The van der Waals surface area contributed by atoms with E-state index in [-0.39, 0.29) is 0 Å². The van der Waals surface area contributed by atoms with E-state index in [1.54, 1.807) is 0 Å². The topological polar surface area (TPSA) is 51.0 Å². The molecule has 2 fully saturated rings. The van der Waals surface area contributed by atoms with Gasteiger partial charge in [0.05, 0.1) is 5.92 Å². The summed E-state index contributed by atoms with van der Waals surface area (Å²) in [7, 11) is 2.05. The zero-order valence-electron chi connectivity index (χ0n) is 12.8. The van der Waals surface area contributed by atoms with Crippen molar-refractivity contribution in [2.45, 2.75) is 76.2 Å². The third-order valence-electron chi connectivity index (χ3n) is 5.22. The normalized spacial score (nSPS) is 35.1. The van der Waals surface area contributed by atoms with Crippen LogP contribution in [-0.4, -0.2) is 23.2 Å². The van der Waals surface area contributed by atoms with Crippen molar-refractivity contribution in [2.75, 3.05) is 7.05 Å². The van der Waals surface area contributed by atoms with Crippen molar-refractivity contribution in [1.82, 2.24) is 15.5 Å². The summed E-state index contributed by atoms with van der Waals surface area (Å²) in [5, 5.41) is 7.74. The average molecular weight is 277 g/mol. The molecule has 1 heterocycles. The third kappa shape index (κ3) is 2.90. The zero-order chi connectivity index (χ0) is 13.9. The first kappa shape index (κ1) is 14.1. The first-order valence-electron chi connectivity index (χ1n) is 8.28. The van der Waals surface area contributed by atoms with Gasteiger partial charge in [-0.3, -0.25) is 0 Å². The SMILES string of the molecule is CNC1CCCCCC1c1nc(C2CCC(C)C2)no1. The van der Waals surface area contributed by atoms with Crippen molar-refractivity contribution in [3.63, 3.8) is 0 Å². The highest BCUT2D eigenvalue weighted by atomic mass is 16.5. The van der Waals surface area contributed by atoms with E-state index in [2.05, 4.69) is 24.4 Å². The number of rotatable bonds is 3. The van der Waals surface area contributed by atoms with E-state index in [9.17, 15) is 0 Å². The van der Waals surface area contributed by atoms with Gasteiger partial charge in [-0.15, -0.1) is 0 Å². The van der Waals surface area contributed by atoms with Crippen molar-refractivity contribution < 1.29 is 4.52 Å². The van der Waals surface area contributed by atoms with Crippen LogP contribution >= 0.6 is 0 Å². The molecule has 4 heteroatoms. The Kier molecular flexibility index (Phi) is 4.39. The van der Waals surface area contributed by atoms with Crippen LogP contribution in [-0.2, 0) is 0 Å². The van der Waals surface area contributed by atoms with E-state index in [4.69, 9.17) is 9.51 Å². The average Bonchev–Trinajstić information content (AvgIpc) is 3.02. The lowest BCUT2D eigenvalue weighted by Gasteiger charge is -2.21. The molecule has 112 valence electrons. The van der Waals surface area contributed by atoms with Gasteiger partial charge in [0.25, 0.3) is 0 Å². The number of nitrogens with one attached hydrogen (secondary N) is 1. The Balaban J connectivity index is 1.74. The molecule has 4 nitrogen and oxygen atoms in total. The minimum absolute atomic E-state index is 0.405. The smallest absolute Gasteiger partial charge is 0.231 e. The molecular formula is C16H27N3O. The molecule has 4 unspecified atom stereocenters. The van der Waals surface area contributed by atoms with Crippen LogP contribution in [0.1, 0.15) is 81.8 Å². The fourth-order valence-corrected chi connectivity index (χ4v) is 3.95. The van der Waals surface area contributed by atoms with Crippen molar-refractivity contribution in [3.8, 4) is 0 Å². The Bertz CT molecular complexity index is 431. The fourth-order valence-electron chi connectivity index (χ4n) is 3.95. The van der Waals surface area contributed by atoms with E-state index in [1.165, 1.54) is 51.4 Å². The van der Waals surface area contributed by atoms with Crippen molar-refractivity contribution in [3.05, 3.63) is 11.7 Å². The van der Waals surface area contributed by atoms with Gasteiger partial charge in [0, 0.05) is 12.0 Å². The molecule has 1 aromatic rings. The summed E-state index contributed by atoms with van der Waals surface area (Å²) in [6, 6.07) is 0.494. The van der Waals surface area contributed by atoms with Crippen LogP contribution in [0.25, 0.3) is 0 Å². The Morgan fingerprint density at radius 1 is 1.10 bits per heavy atom. The van der Waals surface area contributed by atoms with Crippen LogP contribution in [0.15, 0.2) is 4.52 Å². The third-order valence-corrected chi connectivity index (χ3v) is 5.22. The minimum Gasteiger partial charge on any atom is -0.339 e. The fraction of sp³-hybridized carbons (Fsp3) is 0.875. The minimum atomic E-state index is 0.405. The van der Waals surface area contributed by atoms with Gasteiger partial charge in [0.15, 0.2) is 5.82 Å². The largest absolute Gasteiger partial charge is 0.339 e. The number of aromatic nitrogens is 2. The highest BCUT2D eigenvalue weighted by molar-refractivity contribution is 5.04. The zero-order valence-corrected chi connectivity index (χ0v) is 12.8. The van der Waals surface area contributed by atoms with Gasteiger partial charge < -0.3 is 9.84 Å². The van der Waals surface area contributed by atoms with E-state index in [0.717, 1.165) is 17.6 Å². The molecule has 3 rings (SSSR count). The van der Waals surface area contributed by atoms with Gasteiger partial charge in [0.2, 0.25) is 5.89 Å². The van der Waals surface area contributed by atoms with E-state index >= 15 is 0 Å². The Hall–Kier alpha value is -0.900. The molecule has 2 aliphatic carbocycles. The van der Waals surface area contributed by atoms with Crippen molar-refractivity contribution in [1.29, 1.82) is 0 Å². The first-order valence-corrected chi connectivity index (χ1v) is 8.28. The number of nitrogens with zero attached hydrogens (tertiary/aromatic N) is 2. The molecule has 0 saturated heterocycles. The molecule has 4 atom stereocenters. The second-order valence-corrected chi connectivity index (χ2v) is 6.75. The van der Waals surface area contributed by atoms with Crippen LogP contribution in [0.3, 0.4) is 0 Å². The maximum atomic E-state index is 5.64. The monoisotopic (exact) mass is 277 g/mol. The summed E-state index contributed by atoms with van der Waals surface area (Å²) in [6.45, 7) is 2.32. The molecule has 1 aromatic heterocycles. The molecule has 2 saturated carbocycles. The van der Waals surface area contributed by atoms with Gasteiger partial charge in [0.1, 0.15) is 0 Å².